The highest BCUT2D eigenvalue weighted by molar-refractivity contribution is 5.33. The molecule has 0 aliphatic carbocycles. The minimum atomic E-state index is -0.465. The molecule has 0 saturated heterocycles. The van der Waals surface area contributed by atoms with E-state index in [4.69, 9.17) is 5.73 Å². The van der Waals surface area contributed by atoms with Crippen LogP contribution in [0.2, 0.25) is 0 Å². The molecule has 0 aliphatic heterocycles. The summed E-state index contributed by atoms with van der Waals surface area (Å²) in [5.41, 5.74) is 5.29. The lowest BCUT2D eigenvalue weighted by Gasteiger charge is -2.02. The first-order valence-corrected chi connectivity index (χ1v) is 3.89. The largest absolute Gasteiger partial charge is 0.370 e. The first-order chi connectivity index (χ1) is 5.83. The molecule has 12 heavy (non-hydrogen) atoms. The molecule has 1 rings (SSSR count). The number of halogens is 1. The molecule has 0 bridgehead atoms. The monoisotopic (exact) mass is 169 g/mol. The lowest BCUT2D eigenvalue weighted by Crippen LogP contribution is -2.09. The van der Waals surface area contributed by atoms with Gasteiger partial charge in [-0.05, 0) is 25.1 Å². The van der Waals surface area contributed by atoms with Crippen molar-refractivity contribution in [3.8, 4) is 0 Å². The Bertz CT molecular complexity index is 239. The average molecular weight is 169 g/mol. The highest BCUT2D eigenvalue weighted by atomic mass is 19.1. The summed E-state index contributed by atoms with van der Waals surface area (Å²) in [6.45, 7) is 1.36. The van der Waals surface area contributed by atoms with Gasteiger partial charge in [0.15, 0.2) is 0 Å². The Morgan fingerprint density at radius 3 is 3.00 bits per heavy atom. The van der Waals surface area contributed by atoms with Crippen molar-refractivity contribution in [1.82, 2.24) is 4.98 Å². The van der Waals surface area contributed by atoms with Gasteiger partial charge in [-0.3, -0.25) is 0 Å². The maximum absolute atomic E-state index is 12.5. The zero-order chi connectivity index (χ0) is 8.81. The number of aromatic nitrogens is 1. The van der Waals surface area contributed by atoms with Crippen molar-refractivity contribution in [3.63, 3.8) is 0 Å². The van der Waals surface area contributed by atoms with E-state index >= 15 is 0 Å². The molecular formula is C8H12FN3. The number of pyridine rings is 1. The zero-order valence-corrected chi connectivity index (χ0v) is 6.76. The fourth-order valence-corrected chi connectivity index (χ4v) is 0.825. The minimum Gasteiger partial charge on any atom is -0.370 e. The smallest absolute Gasteiger partial charge is 0.214 e. The standard InChI is InChI=1S/C8H12FN3/c9-7-3-1-4-8(12-7)11-6-2-5-10/h1,3-4H,2,5-6,10H2,(H,11,12). The minimum absolute atomic E-state index is 0.465. The topological polar surface area (TPSA) is 50.9 Å². The molecule has 0 fully saturated rings. The van der Waals surface area contributed by atoms with Crippen LogP contribution < -0.4 is 11.1 Å². The van der Waals surface area contributed by atoms with Crippen molar-refractivity contribution in [1.29, 1.82) is 0 Å². The van der Waals surface area contributed by atoms with Gasteiger partial charge in [0.2, 0.25) is 5.95 Å². The lowest BCUT2D eigenvalue weighted by molar-refractivity contribution is 0.585. The average Bonchev–Trinajstić information content (AvgIpc) is 2.05. The van der Waals surface area contributed by atoms with Gasteiger partial charge in [0, 0.05) is 6.54 Å². The molecule has 3 N–H and O–H groups in total. The van der Waals surface area contributed by atoms with Crippen LogP contribution >= 0.6 is 0 Å². The van der Waals surface area contributed by atoms with Crippen molar-refractivity contribution in [2.45, 2.75) is 6.42 Å². The number of anilines is 1. The maximum atomic E-state index is 12.5. The van der Waals surface area contributed by atoms with Crippen molar-refractivity contribution >= 4 is 5.82 Å². The molecule has 3 nitrogen and oxygen atoms in total. The number of nitrogens with two attached hydrogens (primary N) is 1. The second kappa shape index (κ2) is 4.66. The van der Waals surface area contributed by atoms with Crippen LogP contribution in [0.25, 0.3) is 0 Å². The fraction of sp³-hybridized carbons (Fsp3) is 0.375. The van der Waals surface area contributed by atoms with E-state index in [1.165, 1.54) is 6.07 Å². The number of rotatable bonds is 4. The Balaban J connectivity index is 2.41. The molecule has 0 spiro atoms. The van der Waals surface area contributed by atoms with Crippen LogP contribution in [-0.4, -0.2) is 18.1 Å². The zero-order valence-electron chi connectivity index (χ0n) is 6.76. The molecule has 0 unspecified atom stereocenters. The third-order valence-corrected chi connectivity index (χ3v) is 1.40. The first-order valence-electron chi connectivity index (χ1n) is 3.89. The first kappa shape index (κ1) is 8.93. The normalized spacial score (nSPS) is 9.83. The van der Waals surface area contributed by atoms with E-state index < -0.39 is 5.95 Å². The number of hydrogen-bond donors (Lipinski definition) is 2. The van der Waals surface area contributed by atoms with Gasteiger partial charge in [0.1, 0.15) is 5.82 Å². The Labute approximate surface area is 70.8 Å². The predicted octanol–water partition coefficient (Wildman–Crippen LogP) is 0.981. The van der Waals surface area contributed by atoms with Gasteiger partial charge in [0.05, 0.1) is 0 Å². The van der Waals surface area contributed by atoms with Crippen LogP contribution in [0, 0.1) is 5.95 Å². The summed E-state index contributed by atoms with van der Waals surface area (Å²) in [7, 11) is 0. The summed E-state index contributed by atoms with van der Waals surface area (Å²) in [5.74, 6) is 0.0937. The van der Waals surface area contributed by atoms with Crippen molar-refractivity contribution in [3.05, 3.63) is 24.1 Å². The quantitative estimate of drug-likeness (QED) is 0.522. The van der Waals surface area contributed by atoms with Gasteiger partial charge < -0.3 is 11.1 Å². The summed E-state index contributed by atoms with van der Waals surface area (Å²) in [6, 6.07) is 4.65. The van der Waals surface area contributed by atoms with Crippen LogP contribution in [0.3, 0.4) is 0 Å². The molecule has 0 radical (unpaired) electrons. The molecule has 0 amide bonds. The number of nitrogens with one attached hydrogen (secondary N) is 1. The van der Waals surface area contributed by atoms with E-state index in [1.807, 2.05) is 0 Å². The highest BCUT2D eigenvalue weighted by Crippen LogP contribution is 2.02. The molecular weight excluding hydrogens is 157 g/mol. The molecule has 1 aromatic rings. The van der Waals surface area contributed by atoms with E-state index in [9.17, 15) is 4.39 Å². The van der Waals surface area contributed by atoms with Crippen LogP contribution in [0.15, 0.2) is 18.2 Å². The van der Waals surface area contributed by atoms with Crippen LogP contribution in [-0.2, 0) is 0 Å². The van der Waals surface area contributed by atoms with E-state index in [-0.39, 0.29) is 0 Å². The lowest BCUT2D eigenvalue weighted by atomic mass is 10.4. The molecule has 0 aliphatic rings. The van der Waals surface area contributed by atoms with Crippen molar-refractivity contribution in [2.75, 3.05) is 18.4 Å². The molecule has 1 heterocycles. The molecule has 4 heteroatoms. The van der Waals surface area contributed by atoms with E-state index in [0.29, 0.717) is 12.4 Å². The molecule has 1 aromatic heterocycles. The maximum Gasteiger partial charge on any atom is 0.214 e. The van der Waals surface area contributed by atoms with Crippen LogP contribution in [0.1, 0.15) is 6.42 Å². The second-order valence-corrected chi connectivity index (χ2v) is 2.41. The van der Waals surface area contributed by atoms with Gasteiger partial charge in [-0.25, -0.2) is 4.98 Å². The summed E-state index contributed by atoms with van der Waals surface area (Å²) < 4.78 is 12.5. The van der Waals surface area contributed by atoms with Gasteiger partial charge in [-0.2, -0.15) is 4.39 Å². The Morgan fingerprint density at radius 1 is 1.50 bits per heavy atom. The predicted molar refractivity (Wildman–Crippen MR) is 46.4 cm³/mol. The van der Waals surface area contributed by atoms with E-state index in [1.54, 1.807) is 12.1 Å². The Kier molecular flexibility index (Phi) is 3.47. The molecule has 0 saturated carbocycles. The SMILES string of the molecule is NCCCNc1cccc(F)n1. The third kappa shape index (κ3) is 2.84. The summed E-state index contributed by atoms with van der Waals surface area (Å²) in [6.07, 6.45) is 0.859. The fourth-order valence-electron chi connectivity index (χ4n) is 0.825. The summed E-state index contributed by atoms with van der Waals surface area (Å²) in [5, 5.41) is 2.96. The van der Waals surface area contributed by atoms with Gasteiger partial charge in [-0.1, -0.05) is 6.07 Å². The number of nitrogens with zero attached hydrogens (tertiary/aromatic N) is 1. The number of hydrogen-bond acceptors (Lipinski definition) is 3. The highest BCUT2D eigenvalue weighted by Gasteiger charge is 1.93. The van der Waals surface area contributed by atoms with Gasteiger partial charge in [0.25, 0.3) is 0 Å². The molecule has 0 atom stereocenters. The van der Waals surface area contributed by atoms with Crippen LogP contribution in [0.4, 0.5) is 10.2 Å². The third-order valence-electron chi connectivity index (χ3n) is 1.40. The Morgan fingerprint density at radius 2 is 2.33 bits per heavy atom. The summed E-state index contributed by atoms with van der Waals surface area (Å²) in [4.78, 5) is 3.63. The van der Waals surface area contributed by atoms with E-state index in [2.05, 4.69) is 10.3 Å². The van der Waals surface area contributed by atoms with Crippen molar-refractivity contribution < 1.29 is 4.39 Å². The van der Waals surface area contributed by atoms with Gasteiger partial charge >= 0.3 is 0 Å². The van der Waals surface area contributed by atoms with E-state index in [0.717, 1.165) is 13.0 Å². The molecule has 66 valence electrons. The van der Waals surface area contributed by atoms with Crippen molar-refractivity contribution in [2.24, 2.45) is 5.73 Å². The van der Waals surface area contributed by atoms with Gasteiger partial charge in [-0.15, -0.1) is 0 Å². The Hall–Kier alpha value is -1.16. The summed E-state index contributed by atoms with van der Waals surface area (Å²) >= 11 is 0. The second-order valence-electron chi connectivity index (χ2n) is 2.41. The molecule has 0 aromatic carbocycles. The van der Waals surface area contributed by atoms with Crippen LogP contribution in [0.5, 0.6) is 0 Å².